The van der Waals surface area contributed by atoms with Gasteiger partial charge in [0, 0.05) is 18.1 Å². The Balaban J connectivity index is 1.54. The Morgan fingerprint density at radius 2 is 1.74 bits per heavy atom. The number of phenols is 1. The van der Waals surface area contributed by atoms with Gasteiger partial charge in [-0.2, -0.15) is 0 Å². The number of nitrogens with one attached hydrogen (secondary N) is 1. The highest BCUT2D eigenvalue weighted by Crippen LogP contribution is 2.24. The molecule has 0 unspecified atom stereocenters. The molecule has 0 aliphatic heterocycles. The lowest BCUT2D eigenvalue weighted by molar-refractivity contribution is 0.0951. The lowest BCUT2D eigenvalue weighted by atomic mass is 10.1. The smallest absolute Gasteiger partial charge is 0.268 e. The van der Waals surface area contributed by atoms with Crippen LogP contribution in [0.5, 0.6) is 5.75 Å². The van der Waals surface area contributed by atoms with Crippen molar-refractivity contribution in [3.05, 3.63) is 95.7 Å². The van der Waals surface area contributed by atoms with Gasteiger partial charge in [0.05, 0.1) is 16.0 Å². The highest BCUT2D eigenvalue weighted by atomic mass is 32.2. The van der Waals surface area contributed by atoms with Crippen LogP contribution in [0.15, 0.2) is 83.9 Å². The van der Waals surface area contributed by atoms with Crippen LogP contribution < -0.4 is 5.32 Å². The Bertz CT molecular complexity index is 1360. The van der Waals surface area contributed by atoms with Gasteiger partial charge in [0.2, 0.25) is 0 Å². The second-order valence-electron chi connectivity index (χ2n) is 7.35. The summed E-state index contributed by atoms with van der Waals surface area (Å²) in [6.45, 7) is 2.26. The lowest BCUT2D eigenvalue weighted by Gasteiger charge is -2.10. The van der Waals surface area contributed by atoms with E-state index < -0.39 is 10.0 Å². The third-order valence-corrected chi connectivity index (χ3v) is 6.85. The molecule has 0 aliphatic carbocycles. The first-order valence-corrected chi connectivity index (χ1v) is 11.3. The molecule has 7 heteroatoms. The number of phenolic OH excluding ortho intramolecular Hbond substituents is 1. The van der Waals surface area contributed by atoms with Gasteiger partial charge in [-0.05, 0) is 55.3 Å². The third-order valence-electron chi connectivity index (χ3n) is 5.15. The van der Waals surface area contributed by atoms with E-state index in [2.05, 4.69) is 5.32 Å². The minimum atomic E-state index is -3.71. The maximum Gasteiger partial charge on any atom is 0.268 e. The number of hydrogen-bond acceptors (Lipinski definition) is 4. The van der Waals surface area contributed by atoms with Crippen LogP contribution in [-0.4, -0.2) is 29.9 Å². The van der Waals surface area contributed by atoms with Crippen LogP contribution >= 0.6 is 0 Å². The van der Waals surface area contributed by atoms with Crippen molar-refractivity contribution in [2.45, 2.75) is 18.2 Å². The number of hydrogen-bond donors (Lipinski definition) is 2. The molecular weight excluding hydrogens is 412 g/mol. The van der Waals surface area contributed by atoms with Crippen molar-refractivity contribution in [2.24, 2.45) is 0 Å². The quantitative estimate of drug-likeness (QED) is 0.482. The van der Waals surface area contributed by atoms with E-state index in [-0.39, 0.29) is 22.1 Å². The van der Waals surface area contributed by atoms with Crippen LogP contribution in [0.3, 0.4) is 0 Å². The number of carbonyl (C=O) groups is 1. The monoisotopic (exact) mass is 434 g/mol. The fraction of sp³-hybridized carbons (Fsp3) is 0.125. The molecule has 0 spiro atoms. The van der Waals surface area contributed by atoms with E-state index in [1.807, 2.05) is 25.1 Å². The zero-order valence-electron chi connectivity index (χ0n) is 16.9. The zero-order chi connectivity index (χ0) is 22.0. The molecule has 31 heavy (non-hydrogen) atoms. The molecule has 4 rings (SSSR count). The van der Waals surface area contributed by atoms with Crippen molar-refractivity contribution in [1.29, 1.82) is 0 Å². The van der Waals surface area contributed by atoms with Gasteiger partial charge < -0.3 is 10.4 Å². The molecule has 0 bridgehead atoms. The number of aromatic hydroxyl groups is 1. The molecule has 4 aromatic rings. The van der Waals surface area contributed by atoms with Crippen LogP contribution in [0.4, 0.5) is 0 Å². The molecule has 1 aromatic heterocycles. The topological polar surface area (TPSA) is 88.4 Å². The van der Waals surface area contributed by atoms with Crippen molar-refractivity contribution < 1.29 is 18.3 Å². The van der Waals surface area contributed by atoms with E-state index in [9.17, 15) is 18.3 Å². The summed E-state index contributed by atoms with van der Waals surface area (Å²) in [6.07, 6.45) is 2.08. The molecule has 0 atom stereocenters. The van der Waals surface area contributed by atoms with Crippen LogP contribution in [0.1, 0.15) is 21.5 Å². The van der Waals surface area contributed by atoms with Gasteiger partial charge >= 0.3 is 0 Å². The van der Waals surface area contributed by atoms with Crippen LogP contribution in [0, 0.1) is 6.92 Å². The summed E-state index contributed by atoms with van der Waals surface area (Å²) in [4.78, 5) is 12.5. The number of benzene rings is 3. The molecule has 0 fully saturated rings. The number of rotatable bonds is 6. The largest absolute Gasteiger partial charge is 0.507 e. The molecule has 0 saturated heterocycles. The molecule has 0 radical (unpaired) electrons. The molecule has 1 amide bonds. The summed E-state index contributed by atoms with van der Waals surface area (Å²) in [6, 6.07) is 20.5. The average Bonchev–Trinajstić information content (AvgIpc) is 3.18. The summed E-state index contributed by atoms with van der Waals surface area (Å²) in [7, 11) is -3.71. The van der Waals surface area contributed by atoms with Crippen molar-refractivity contribution >= 4 is 26.8 Å². The van der Waals surface area contributed by atoms with Crippen molar-refractivity contribution in [3.8, 4) is 5.75 Å². The average molecular weight is 435 g/mol. The number of aryl methyl sites for hydroxylation is 1. The predicted molar refractivity (Wildman–Crippen MR) is 120 cm³/mol. The lowest BCUT2D eigenvalue weighted by Crippen LogP contribution is -2.25. The van der Waals surface area contributed by atoms with Gasteiger partial charge in [0.25, 0.3) is 15.9 Å². The summed E-state index contributed by atoms with van der Waals surface area (Å²) < 4.78 is 27.5. The first kappa shape index (κ1) is 20.7. The van der Waals surface area contributed by atoms with Crippen molar-refractivity contribution in [1.82, 2.24) is 9.29 Å². The van der Waals surface area contributed by atoms with Crippen LogP contribution in [0.25, 0.3) is 10.9 Å². The molecule has 6 nitrogen and oxygen atoms in total. The third kappa shape index (κ3) is 4.18. The van der Waals surface area contributed by atoms with Gasteiger partial charge in [0.15, 0.2) is 0 Å². The summed E-state index contributed by atoms with van der Waals surface area (Å²) in [5, 5.41) is 13.4. The van der Waals surface area contributed by atoms with Gasteiger partial charge in [-0.3, -0.25) is 4.79 Å². The molecular formula is C24H22N2O4S. The summed E-state index contributed by atoms with van der Waals surface area (Å²) in [5.41, 5.74) is 2.69. The minimum absolute atomic E-state index is 0.0689. The number of amides is 1. The summed E-state index contributed by atoms with van der Waals surface area (Å²) in [5.74, 6) is -0.426. The Morgan fingerprint density at radius 3 is 2.48 bits per heavy atom. The van der Waals surface area contributed by atoms with Gasteiger partial charge in [0.1, 0.15) is 5.75 Å². The first-order valence-electron chi connectivity index (χ1n) is 9.85. The Labute approximate surface area is 180 Å². The molecule has 1 heterocycles. The molecule has 0 saturated carbocycles. The van der Waals surface area contributed by atoms with Crippen molar-refractivity contribution in [3.63, 3.8) is 0 Å². The van der Waals surface area contributed by atoms with Crippen LogP contribution in [-0.2, 0) is 16.4 Å². The Morgan fingerprint density at radius 1 is 1.00 bits per heavy atom. The number of carbonyl (C=O) groups excluding carboxylic acids is 1. The number of para-hydroxylation sites is 1. The van der Waals surface area contributed by atoms with E-state index >= 15 is 0 Å². The molecule has 0 aliphatic rings. The molecule has 158 valence electrons. The van der Waals surface area contributed by atoms with E-state index in [1.165, 1.54) is 10.0 Å². The maximum atomic E-state index is 13.1. The maximum absolute atomic E-state index is 13.1. The first-order chi connectivity index (χ1) is 14.9. The second-order valence-corrected chi connectivity index (χ2v) is 9.16. The van der Waals surface area contributed by atoms with E-state index in [1.54, 1.807) is 54.7 Å². The van der Waals surface area contributed by atoms with Gasteiger partial charge in [-0.1, -0.05) is 42.0 Å². The van der Waals surface area contributed by atoms with Gasteiger partial charge in [-0.15, -0.1) is 0 Å². The highest BCUT2D eigenvalue weighted by molar-refractivity contribution is 7.90. The Hall–Kier alpha value is -3.58. The number of nitrogens with zero attached hydrogens (tertiary/aromatic N) is 1. The fourth-order valence-electron chi connectivity index (χ4n) is 3.42. The number of aromatic nitrogens is 1. The summed E-state index contributed by atoms with van der Waals surface area (Å²) >= 11 is 0. The number of fused-ring (bicyclic) bond motifs is 1. The standard InChI is InChI=1S/C24H22N2O4S/c1-17-6-10-20(11-7-17)31(29,30)26-15-13-19-9-8-18(16-22(19)26)12-14-25-24(28)21-4-2-3-5-23(21)27/h2-11,13,15-16,27H,12,14H2,1H3,(H,25,28). The molecule has 2 N–H and O–H groups in total. The van der Waals surface area contributed by atoms with E-state index in [0.29, 0.717) is 18.5 Å². The SMILES string of the molecule is Cc1ccc(S(=O)(=O)n2ccc3ccc(CCNC(=O)c4ccccc4O)cc32)cc1. The highest BCUT2D eigenvalue weighted by Gasteiger charge is 2.19. The van der Waals surface area contributed by atoms with E-state index in [0.717, 1.165) is 16.5 Å². The van der Waals surface area contributed by atoms with Gasteiger partial charge in [-0.25, -0.2) is 12.4 Å². The van der Waals surface area contributed by atoms with Crippen molar-refractivity contribution in [2.75, 3.05) is 6.54 Å². The van der Waals surface area contributed by atoms with Crippen LogP contribution in [0.2, 0.25) is 0 Å². The second kappa shape index (κ2) is 8.28. The normalized spacial score (nSPS) is 11.5. The predicted octanol–water partition coefficient (Wildman–Crippen LogP) is 3.86. The van der Waals surface area contributed by atoms with E-state index in [4.69, 9.17) is 0 Å². The minimum Gasteiger partial charge on any atom is -0.507 e. The molecule has 3 aromatic carbocycles. The zero-order valence-corrected chi connectivity index (χ0v) is 17.8. The fourth-order valence-corrected chi connectivity index (χ4v) is 4.76. The Kier molecular flexibility index (Phi) is 5.52.